The van der Waals surface area contributed by atoms with Gasteiger partial charge in [0.05, 0.1) is 12.7 Å². The van der Waals surface area contributed by atoms with E-state index in [-0.39, 0.29) is 5.91 Å². The molecule has 138 valence electrons. The summed E-state index contributed by atoms with van der Waals surface area (Å²) >= 11 is 0. The zero-order chi connectivity index (χ0) is 19.3. The molecule has 0 aliphatic carbocycles. The number of anilines is 1. The van der Waals surface area contributed by atoms with Gasteiger partial charge in [-0.25, -0.2) is 0 Å². The molecule has 0 unspecified atom stereocenters. The summed E-state index contributed by atoms with van der Waals surface area (Å²) in [7, 11) is 1.62. The summed E-state index contributed by atoms with van der Waals surface area (Å²) in [6.07, 6.45) is 3.14. The molecular formula is C21H16N4O3. The van der Waals surface area contributed by atoms with Crippen LogP contribution >= 0.6 is 0 Å². The maximum atomic E-state index is 12.2. The maximum absolute atomic E-state index is 12.2. The molecule has 28 heavy (non-hydrogen) atoms. The molecule has 7 heteroatoms. The van der Waals surface area contributed by atoms with Gasteiger partial charge in [0, 0.05) is 29.2 Å². The molecule has 0 saturated carbocycles. The molecule has 1 N–H and O–H groups in total. The zero-order valence-electron chi connectivity index (χ0n) is 15.0. The minimum atomic E-state index is -0.222. The van der Waals surface area contributed by atoms with Crippen molar-refractivity contribution >= 4 is 11.6 Å². The highest BCUT2D eigenvalue weighted by Gasteiger charge is 2.11. The van der Waals surface area contributed by atoms with Gasteiger partial charge in [-0.15, -0.1) is 0 Å². The zero-order valence-corrected chi connectivity index (χ0v) is 15.0. The van der Waals surface area contributed by atoms with Crippen molar-refractivity contribution in [2.75, 3.05) is 12.4 Å². The lowest BCUT2D eigenvalue weighted by atomic mass is 10.2. The molecule has 0 fully saturated rings. The summed E-state index contributed by atoms with van der Waals surface area (Å²) < 4.78 is 10.5. The number of amides is 1. The van der Waals surface area contributed by atoms with Crippen LogP contribution in [0.5, 0.6) is 5.75 Å². The predicted molar refractivity (Wildman–Crippen MR) is 104 cm³/mol. The Morgan fingerprint density at radius 3 is 2.43 bits per heavy atom. The Kier molecular flexibility index (Phi) is 4.79. The van der Waals surface area contributed by atoms with Crippen LogP contribution in [0.2, 0.25) is 0 Å². The molecule has 0 bridgehead atoms. The van der Waals surface area contributed by atoms with Gasteiger partial charge < -0.3 is 14.6 Å². The topological polar surface area (TPSA) is 90.1 Å². The fourth-order valence-electron chi connectivity index (χ4n) is 2.59. The third-order valence-corrected chi connectivity index (χ3v) is 4.09. The van der Waals surface area contributed by atoms with Crippen LogP contribution in [0.1, 0.15) is 10.4 Å². The van der Waals surface area contributed by atoms with Gasteiger partial charge in [-0.1, -0.05) is 5.16 Å². The predicted octanol–water partition coefficient (Wildman–Crippen LogP) is 4.06. The summed E-state index contributed by atoms with van der Waals surface area (Å²) in [5.74, 6) is 1.43. The first-order valence-corrected chi connectivity index (χ1v) is 8.53. The lowest BCUT2D eigenvalue weighted by molar-refractivity contribution is 0.102. The summed E-state index contributed by atoms with van der Waals surface area (Å²) in [5, 5.41) is 6.85. The Morgan fingerprint density at radius 2 is 1.75 bits per heavy atom. The van der Waals surface area contributed by atoms with Crippen LogP contribution in [0.25, 0.3) is 22.8 Å². The van der Waals surface area contributed by atoms with E-state index in [9.17, 15) is 4.79 Å². The molecule has 0 saturated heterocycles. The molecule has 2 heterocycles. The van der Waals surface area contributed by atoms with Crippen molar-refractivity contribution in [2.24, 2.45) is 0 Å². The molecule has 1 amide bonds. The summed E-state index contributed by atoms with van der Waals surface area (Å²) in [6.45, 7) is 0. The average molecular weight is 372 g/mol. The molecule has 2 aromatic heterocycles. The Balaban J connectivity index is 1.48. The summed E-state index contributed by atoms with van der Waals surface area (Å²) in [5.41, 5.74) is 2.74. The molecule has 0 aliphatic rings. The first kappa shape index (κ1) is 17.4. The van der Waals surface area contributed by atoms with E-state index in [2.05, 4.69) is 20.4 Å². The number of carbonyl (C=O) groups is 1. The molecule has 0 radical (unpaired) electrons. The molecule has 7 nitrogen and oxygen atoms in total. The fraction of sp³-hybridized carbons (Fsp3) is 0.0476. The fourth-order valence-corrected chi connectivity index (χ4v) is 2.59. The van der Waals surface area contributed by atoms with E-state index in [1.807, 2.05) is 36.4 Å². The Hall–Kier alpha value is -4.00. The van der Waals surface area contributed by atoms with Crippen molar-refractivity contribution in [2.45, 2.75) is 0 Å². The van der Waals surface area contributed by atoms with Gasteiger partial charge in [-0.3, -0.25) is 9.78 Å². The lowest BCUT2D eigenvalue weighted by Crippen LogP contribution is -2.11. The number of nitrogens with one attached hydrogen (secondary N) is 1. The number of benzene rings is 2. The Bertz CT molecular complexity index is 1070. The number of methoxy groups -OCH3 is 1. The third-order valence-electron chi connectivity index (χ3n) is 4.09. The van der Waals surface area contributed by atoms with Crippen LogP contribution in [0.3, 0.4) is 0 Å². The number of carbonyl (C=O) groups excluding carboxylic acids is 1. The SMILES string of the molecule is COc1ccc(-c2noc(-c3ccc(NC(=O)c4cccnc4)cc3)n2)cc1. The second-order valence-electron chi connectivity index (χ2n) is 5.92. The number of rotatable bonds is 5. The van der Waals surface area contributed by atoms with Crippen LogP contribution < -0.4 is 10.1 Å². The Morgan fingerprint density at radius 1 is 1.00 bits per heavy atom. The highest BCUT2D eigenvalue weighted by Crippen LogP contribution is 2.25. The van der Waals surface area contributed by atoms with Gasteiger partial charge in [0.15, 0.2) is 0 Å². The first-order valence-electron chi connectivity index (χ1n) is 8.53. The van der Waals surface area contributed by atoms with Crippen molar-refractivity contribution in [1.29, 1.82) is 0 Å². The second-order valence-corrected chi connectivity index (χ2v) is 5.92. The largest absolute Gasteiger partial charge is 0.497 e. The van der Waals surface area contributed by atoms with Crippen molar-refractivity contribution in [3.63, 3.8) is 0 Å². The number of ether oxygens (including phenoxy) is 1. The number of aromatic nitrogens is 3. The quantitative estimate of drug-likeness (QED) is 0.568. The monoisotopic (exact) mass is 372 g/mol. The van der Waals surface area contributed by atoms with E-state index < -0.39 is 0 Å². The number of hydrogen-bond acceptors (Lipinski definition) is 6. The van der Waals surface area contributed by atoms with Crippen LogP contribution in [-0.4, -0.2) is 28.1 Å². The van der Waals surface area contributed by atoms with Gasteiger partial charge in [0.2, 0.25) is 5.82 Å². The van der Waals surface area contributed by atoms with Gasteiger partial charge in [0.1, 0.15) is 5.75 Å². The minimum Gasteiger partial charge on any atom is -0.497 e. The van der Waals surface area contributed by atoms with Crippen molar-refractivity contribution in [3.8, 4) is 28.6 Å². The van der Waals surface area contributed by atoms with Gasteiger partial charge in [0.25, 0.3) is 11.8 Å². The van der Waals surface area contributed by atoms with Crippen molar-refractivity contribution < 1.29 is 14.1 Å². The van der Waals surface area contributed by atoms with Crippen molar-refractivity contribution in [1.82, 2.24) is 15.1 Å². The smallest absolute Gasteiger partial charge is 0.258 e. The molecule has 2 aromatic carbocycles. The van der Waals surface area contributed by atoms with Crippen LogP contribution in [-0.2, 0) is 0 Å². The molecule has 0 spiro atoms. The standard InChI is InChI=1S/C21H16N4O3/c1-27-18-10-6-14(7-11-18)19-24-21(28-25-19)15-4-8-17(9-5-15)23-20(26)16-3-2-12-22-13-16/h2-13H,1H3,(H,23,26). The molecular weight excluding hydrogens is 356 g/mol. The highest BCUT2D eigenvalue weighted by atomic mass is 16.5. The molecule has 0 atom stereocenters. The summed E-state index contributed by atoms with van der Waals surface area (Å²) in [6, 6.07) is 18.0. The van der Waals surface area contributed by atoms with E-state index in [0.717, 1.165) is 16.9 Å². The average Bonchev–Trinajstić information content (AvgIpc) is 3.25. The van der Waals surface area contributed by atoms with Crippen LogP contribution in [0, 0.1) is 0 Å². The highest BCUT2D eigenvalue weighted by molar-refractivity contribution is 6.04. The lowest BCUT2D eigenvalue weighted by Gasteiger charge is -2.05. The van der Waals surface area contributed by atoms with E-state index >= 15 is 0 Å². The normalized spacial score (nSPS) is 10.5. The molecule has 0 aliphatic heterocycles. The van der Waals surface area contributed by atoms with E-state index in [4.69, 9.17) is 9.26 Å². The molecule has 4 aromatic rings. The van der Waals surface area contributed by atoms with Gasteiger partial charge in [-0.2, -0.15) is 4.98 Å². The van der Waals surface area contributed by atoms with Crippen molar-refractivity contribution in [3.05, 3.63) is 78.6 Å². The van der Waals surface area contributed by atoms with E-state index in [1.165, 1.54) is 6.20 Å². The third kappa shape index (κ3) is 3.73. The second kappa shape index (κ2) is 7.71. The van der Waals surface area contributed by atoms with Crippen LogP contribution in [0.15, 0.2) is 77.6 Å². The minimum absolute atomic E-state index is 0.222. The number of hydrogen-bond donors (Lipinski definition) is 1. The maximum Gasteiger partial charge on any atom is 0.258 e. The van der Waals surface area contributed by atoms with Gasteiger partial charge in [-0.05, 0) is 60.7 Å². The number of pyridine rings is 1. The first-order chi connectivity index (χ1) is 13.7. The summed E-state index contributed by atoms with van der Waals surface area (Å²) in [4.78, 5) is 20.5. The van der Waals surface area contributed by atoms with E-state index in [1.54, 1.807) is 37.6 Å². The Labute approximate surface area is 161 Å². The van der Waals surface area contributed by atoms with Crippen LogP contribution in [0.4, 0.5) is 5.69 Å². The molecule has 4 rings (SSSR count). The van der Waals surface area contributed by atoms with E-state index in [0.29, 0.717) is 23.0 Å². The van der Waals surface area contributed by atoms with Gasteiger partial charge >= 0.3 is 0 Å². The number of nitrogens with zero attached hydrogens (tertiary/aromatic N) is 3.